The van der Waals surface area contributed by atoms with Crippen LogP contribution in [0.1, 0.15) is 25.3 Å². The fourth-order valence-electron chi connectivity index (χ4n) is 3.07. The van der Waals surface area contributed by atoms with Crippen LogP contribution in [0.2, 0.25) is 0 Å². The minimum atomic E-state index is 0.0133. The Morgan fingerprint density at radius 2 is 2.12 bits per heavy atom. The van der Waals surface area contributed by atoms with E-state index in [1.54, 1.807) is 18.6 Å². The van der Waals surface area contributed by atoms with Crippen LogP contribution in [-0.4, -0.2) is 44.7 Å². The summed E-state index contributed by atoms with van der Waals surface area (Å²) in [6.45, 7) is 2.86. The monoisotopic (exact) mass is 325 g/mol. The molecule has 0 bridgehead atoms. The van der Waals surface area contributed by atoms with Crippen LogP contribution in [0.15, 0.2) is 49.1 Å². The number of nitrogens with zero attached hydrogens (tertiary/aromatic N) is 3. The van der Waals surface area contributed by atoms with E-state index in [2.05, 4.69) is 11.9 Å². The maximum atomic E-state index is 12.4. The van der Waals surface area contributed by atoms with Crippen molar-refractivity contribution >= 4 is 12.0 Å². The summed E-state index contributed by atoms with van der Waals surface area (Å²) >= 11 is 0. The summed E-state index contributed by atoms with van der Waals surface area (Å²) < 4.78 is 1.93. The molecule has 1 aliphatic rings. The van der Waals surface area contributed by atoms with E-state index in [0.29, 0.717) is 6.54 Å². The van der Waals surface area contributed by atoms with Crippen LogP contribution >= 0.6 is 0 Å². The average Bonchev–Trinajstić information content (AvgIpc) is 3.15. The largest absolute Gasteiger partial charge is 0.396 e. The van der Waals surface area contributed by atoms with Crippen LogP contribution in [0.25, 0.3) is 11.8 Å². The normalized spacial score (nSPS) is 21.3. The molecule has 3 rings (SSSR count). The molecule has 2 heterocycles. The second-order valence-corrected chi connectivity index (χ2v) is 6.36. The molecule has 0 aliphatic carbocycles. The van der Waals surface area contributed by atoms with Gasteiger partial charge in [0.2, 0.25) is 5.91 Å². The fourth-order valence-corrected chi connectivity index (χ4v) is 3.07. The molecule has 0 spiro atoms. The second kappa shape index (κ2) is 7.45. The zero-order valence-electron chi connectivity index (χ0n) is 13.9. The zero-order chi connectivity index (χ0) is 16.9. The first-order valence-corrected chi connectivity index (χ1v) is 8.35. The number of carbonyl (C=O) groups excluding carboxylic acids is 1. The highest BCUT2D eigenvalue weighted by Crippen LogP contribution is 2.22. The van der Waals surface area contributed by atoms with Crippen molar-refractivity contribution in [3.63, 3.8) is 0 Å². The van der Waals surface area contributed by atoms with Crippen LogP contribution in [-0.2, 0) is 4.79 Å². The Morgan fingerprint density at radius 1 is 1.33 bits per heavy atom. The number of aliphatic hydroxyl groups is 1. The predicted octanol–water partition coefficient (Wildman–Crippen LogP) is 2.50. The Hall–Kier alpha value is -2.40. The third-order valence-corrected chi connectivity index (χ3v) is 4.63. The van der Waals surface area contributed by atoms with Gasteiger partial charge in [-0.3, -0.25) is 4.79 Å². The number of hydrogen-bond acceptors (Lipinski definition) is 3. The lowest BCUT2D eigenvalue weighted by atomic mass is 9.94. The molecule has 1 saturated heterocycles. The van der Waals surface area contributed by atoms with Gasteiger partial charge in [-0.15, -0.1) is 0 Å². The molecule has 5 heteroatoms. The van der Waals surface area contributed by atoms with Crippen molar-refractivity contribution < 1.29 is 9.90 Å². The predicted molar refractivity (Wildman–Crippen MR) is 93.6 cm³/mol. The van der Waals surface area contributed by atoms with Gasteiger partial charge >= 0.3 is 0 Å². The molecular weight excluding hydrogens is 302 g/mol. The molecule has 1 N–H and O–H groups in total. The Balaban J connectivity index is 1.65. The molecule has 24 heavy (non-hydrogen) atoms. The van der Waals surface area contributed by atoms with E-state index in [1.165, 1.54) is 0 Å². The second-order valence-electron chi connectivity index (χ2n) is 6.36. The van der Waals surface area contributed by atoms with Crippen molar-refractivity contribution in [3.05, 3.63) is 54.6 Å². The maximum Gasteiger partial charge on any atom is 0.246 e. The lowest BCUT2D eigenvalue weighted by Crippen LogP contribution is -2.45. The SMILES string of the molecule is CC1CCC(CO)CN1C(=O)/C=C/c1ccc(-n2ccnc2)cc1. The summed E-state index contributed by atoms with van der Waals surface area (Å²) in [6, 6.07) is 8.19. The molecule has 1 aliphatic heterocycles. The Morgan fingerprint density at radius 3 is 2.79 bits per heavy atom. The standard InChI is InChI=1S/C19H23N3O2/c1-15-2-3-17(13-23)12-22(15)19(24)9-6-16-4-7-18(8-5-16)21-11-10-20-14-21/h4-11,14-15,17,23H,2-3,12-13H2,1H3/b9-6+. The average molecular weight is 325 g/mol. The number of hydrogen-bond donors (Lipinski definition) is 1. The quantitative estimate of drug-likeness (QED) is 0.879. The van der Waals surface area contributed by atoms with E-state index >= 15 is 0 Å². The van der Waals surface area contributed by atoms with Crippen molar-refractivity contribution in [2.24, 2.45) is 5.92 Å². The van der Waals surface area contributed by atoms with Crippen molar-refractivity contribution in [1.29, 1.82) is 0 Å². The minimum absolute atomic E-state index is 0.0133. The molecule has 2 unspecified atom stereocenters. The number of aliphatic hydroxyl groups excluding tert-OH is 1. The third kappa shape index (κ3) is 3.74. The van der Waals surface area contributed by atoms with Gasteiger partial charge in [0, 0.05) is 43.4 Å². The minimum Gasteiger partial charge on any atom is -0.396 e. The maximum absolute atomic E-state index is 12.4. The Labute approximate surface area is 142 Å². The van der Waals surface area contributed by atoms with Crippen LogP contribution in [0.4, 0.5) is 0 Å². The number of amides is 1. The number of aromatic nitrogens is 2. The summed E-state index contributed by atoms with van der Waals surface area (Å²) in [4.78, 5) is 18.3. The number of rotatable bonds is 4. The van der Waals surface area contributed by atoms with Crippen LogP contribution in [0.5, 0.6) is 0 Å². The summed E-state index contributed by atoms with van der Waals surface area (Å²) in [5.41, 5.74) is 2.02. The van der Waals surface area contributed by atoms with E-state index in [4.69, 9.17) is 0 Å². The van der Waals surface area contributed by atoms with Gasteiger partial charge in [-0.1, -0.05) is 12.1 Å². The Kier molecular flexibility index (Phi) is 5.11. The molecule has 2 atom stereocenters. The number of benzene rings is 1. The van der Waals surface area contributed by atoms with Gasteiger partial charge in [-0.2, -0.15) is 0 Å². The number of likely N-dealkylation sites (tertiary alicyclic amines) is 1. The lowest BCUT2D eigenvalue weighted by molar-refractivity contribution is -0.130. The van der Waals surface area contributed by atoms with Gasteiger partial charge in [0.25, 0.3) is 0 Å². The summed E-state index contributed by atoms with van der Waals surface area (Å²) in [6.07, 6.45) is 10.8. The summed E-state index contributed by atoms with van der Waals surface area (Å²) in [5, 5.41) is 9.33. The van der Waals surface area contributed by atoms with E-state index in [-0.39, 0.29) is 24.5 Å². The van der Waals surface area contributed by atoms with Gasteiger partial charge in [0.05, 0.1) is 6.33 Å². The molecular formula is C19H23N3O2. The Bertz CT molecular complexity index is 692. The molecule has 1 aromatic heterocycles. The lowest BCUT2D eigenvalue weighted by Gasteiger charge is -2.36. The molecule has 0 radical (unpaired) electrons. The highest BCUT2D eigenvalue weighted by molar-refractivity contribution is 5.92. The van der Waals surface area contributed by atoms with Crippen molar-refractivity contribution in [3.8, 4) is 5.69 Å². The number of imidazole rings is 1. The van der Waals surface area contributed by atoms with Crippen LogP contribution in [0, 0.1) is 5.92 Å². The van der Waals surface area contributed by atoms with Crippen molar-refractivity contribution in [2.45, 2.75) is 25.8 Å². The molecule has 2 aromatic rings. The van der Waals surface area contributed by atoms with E-state index < -0.39 is 0 Å². The summed E-state index contributed by atoms with van der Waals surface area (Å²) in [5.74, 6) is 0.215. The first kappa shape index (κ1) is 16.5. The van der Waals surface area contributed by atoms with Gasteiger partial charge in [0.1, 0.15) is 0 Å². The molecule has 1 amide bonds. The molecule has 5 nitrogen and oxygen atoms in total. The molecule has 1 aromatic carbocycles. The van der Waals surface area contributed by atoms with E-state index in [0.717, 1.165) is 24.1 Å². The van der Waals surface area contributed by atoms with Gasteiger partial charge in [-0.25, -0.2) is 4.98 Å². The first-order chi connectivity index (χ1) is 11.7. The molecule has 126 valence electrons. The fraction of sp³-hybridized carbons (Fsp3) is 0.368. The van der Waals surface area contributed by atoms with Crippen molar-refractivity contribution in [1.82, 2.24) is 14.5 Å². The van der Waals surface area contributed by atoms with Crippen molar-refractivity contribution in [2.75, 3.05) is 13.2 Å². The van der Waals surface area contributed by atoms with E-state index in [1.807, 2.05) is 46.0 Å². The number of piperidine rings is 1. The molecule has 1 fully saturated rings. The highest BCUT2D eigenvalue weighted by atomic mass is 16.3. The summed E-state index contributed by atoms with van der Waals surface area (Å²) in [7, 11) is 0. The van der Waals surface area contributed by atoms with Gasteiger partial charge in [0.15, 0.2) is 0 Å². The van der Waals surface area contributed by atoms with Crippen LogP contribution < -0.4 is 0 Å². The number of carbonyl (C=O) groups is 1. The highest BCUT2D eigenvalue weighted by Gasteiger charge is 2.27. The molecule has 0 saturated carbocycles. The van der Waals surface area contributed by atoms with Gasteiger partial charge < -0.3 is 14.6 Å². The first-order valence-electron chi connectivity index (χ1n) is 8.35. The zero-order valence-corrected chi connectivity index (χ0v) is 13.9. The van der Waals surface area contributed by atoms with Gasteiger partial charge in [-0.05, 0) is 49.5 Å². The van der Waals surface area contributed by atoms with E-state index in [9.17, 15) is 9.90 Å². The third-order valence-electron chi connectivity index (χ3n) is 4.63. The van der Waals surface area contributed by atoms with Crippen LogP contribution in [0.3, 0.4) is 0 Å². The topological polar surface area (TPSA) is 58.4 Å². The smallest absolute Gasteiger partial charge is 0.246 e.